The highest BCUT2D eigenvalue weighted by Gasteiger charge is 2.54. The molecule has 0 amide bonds. The fourth-order valence-electron chi connectivity index (χ4n) is 2.51. The lowest BCUT2D eigenvalue weighted by Gasteiger charge is -2.33. The monoisotopic (exact) mass is 285 g/mol. The van der Waals surface area contributed by atoms with Gasteiger partial charge in [0, 0.05) is 11.8 Å². The van der Waals surface area contributed by atoms with Crippen molar-refractivity contribution in [3.05, 3.63) is 22.2 Å². The number of nitrogens with two attached hydrogens (primary N) is 1. The van der Waals surface area contributed by atoms with Gasteiger partial charge in [-0.3, -0.25) is 4.57 Å². The molecule has 1 aliphatic heterocycles. The van der Waals surface area contributed by atoms with Crippen molar-refractivity contribution in [1.82, 2.24) is 9.55 Å². The molecule has 8 heteroatoms. The van der Waals surface area contributed by atoms with Gasteiger partial charge in [0.05, 0.1) is 6.61 Å². The molecule has 8 nitrogen and oxygen atoms in total. The maximum atomic E-state index is 12.0. The van der Waals surface area contributed by atoms with Crippen LogP contribution >= 0.6 is 0 Å². The van der Waals surface area contributed by atoms with E-state index < -0.39 is 36.3 Å². The highest BCUT2D eigenvalue weighted by molar-refractivity contribution is 5.35. The number of hydrogen-bond donors (Lipinski definition) is 4. The molecule has 4 atom stereocenters. The molecular formula is C12H19N3O5. The lowest BCUT2D eigenvalue weighted by atomic mass is 9.99. The number of aliphatic hydroxyl groups is 3. The molecule has 2 heterocycles. The van der Waals surface area contributed by atoms with E-state index in [-0.39, 0.29) is 12.2 Å². The molecule has 2 rings (SSSR count). The first-order chi connectivity index (χ1) is 9.37. The van der Waals surface area contributed by atoms with Gasteiger partial charge in [0.1, 0.15) is 24.1 Å². The van der Waals surface area contributed by atoms with Crippen molar-refractivity contribution >= 4 is 5.82 Å². The summed E-state index contributed by atoms with van der Waals surface area (Å²) in [5.74, 6) is 0.101. The van der Waals surface area contributed by atoms with Gasteiger partial charge in [-0.1, -0.05) is 6.92 Å². The van der Waals surface area contributed by atoms with E-state index in [0.29, 0.717) is 5.56 Å². The summed E-state index contributed by atoms with van der Waals surface area (Å²) in [6.07, 6.45) is -1.96. The van der Waals surface area contributed by atoms with E-state index in [1.807, 2.05) is 0 Å². The highest BCUT2D eigenvalue weighted by atomic mass is 16.6. The number of anilines is 1. The molecule has 112 valence electrons. The first kappa shape index (κ1) is 14.9. The second-order valence-electron chi connectivity index (χ2n) is 4.93. The van der Waals surface area contributed by atoms with Crippen LogP contribution in [0.4, 0.5) is 5.82 Å². The number of nitrogen functional groups attached to an aromatic ring is 1. The quantitative estimate of drug-likeness (QED) is 0.521. The zero-order chi connectivity index (χ0) is 15.1. The van der Waals surface area contributed by atoms with Crippen LogP contribution in [-0.2, 0) is 10.5 Å². The van der Waals surface area contributed by atoms with Gasteiger partial charge in [0.15, 0.2) is 5.72 Å². The largest absolute Gasteiger partial charge is 0.394 e. The molecule has 1 saturated heterocycles. The van der Waals surface area contributed by atoms with Crippen molar-refractivity contribution in [3.63, 3.8) is 0 Å². The molecule has 1 aromatic heterocycles. The van der Waals surface area contributed by atoms with Crippen molar-refractivity contribution < 1.29 is 20.1 Å². The van der Waals surface area contributed by atoms with Gasteiger partial charge in [-0.25, -0.2) is 4.79 Å². The van der Waals surface area contributed by atoms with E-state index in [1.54, 1.807) is 13.8 Å². The molecule has 1 aliphatic rings. The molecule has 0 bridgehead atoms. The first-order valence-electron chi connectivity index (χ1n) is 6.38. The molecule has 1 fully saturated rings. The van der Waals surface area contributed by atoms with E-state index >= 15 is 0 Å². The number of aromatic nitrogens is 2. The van der Waals surface area contributed by atoms with Gasteiger partial charge in [-0.05, 0) is 13.3 Å². The van der Waals surface area contributed by atoms with Crippen molar-refractivity contribution in [2.24, 2.45) is 0 Å². The molecule has 0 saturated carbocycles. The van der Waals surface area contributed by atoms with Crippen LogP contribution in [0.3, 0.4) is 0 Å². The van der Waals surface area contributed by atoms with Crippen LogP contribution in [0.5, 0.6) is 0 Å². The third-order valence-corrected chi connectivity index (χ3v) is 3.77. The molecule has 5 N–H and O–H groups in total. The molecule has 0 aromatic carbocycles. The van der Waals surface area contributed by atoms with Gasteiger partial charge in [-0.15, -0.1) is 0 Å². The topological polar surface area (TPSA) is 131 Å². The van der Waals surface area contributed by atoms with Crippen molar-refractivity contribution in [3.8, 4) is 0 Å². The van der Waals surface area contributed by atoms with Crippen LogP contribution in [0.15, 0.2) is 11.0 Å². The van der Waals surface area contributed by atoms with Crippen LogP contribution in [0.25, 0.3) is 0 Å². The fraction of sp³-hybridized carbons (Fsp3) is 0.667. The molecule has 1 aromatic rings. The van der Waals surface area contributed by atoms with Crippen LogP contribution in [0.1, 0.15) is 18.9 Å². The van der Waals surface area contributed by atoms with Crippen LogP contribution < -0.4 is 11.4 Å². The molecule has 0 unspecified atom stereocenters. The van der Waals surface area contributed by atoms with E-state index in [2.05, 4.69) is 4.98 Å². The zero-order valence-electron chi connectivity index (χ0n) is 11.4. The van der Waals surface area contributed by atoms with E-state index in [0.717, 1.165) is 4.57 Å². The van der Waals surface area contributed by atoms with E-state index in [1.165, 1.54) is 6.20 Å². The second kappa shape index (κ2) is 5.13. The Morgan fingerprint density at radius 1 is 1.55 bits per heavy atom. The average Bonchev–Trinajstić information content (AvgIpc) is 2.68. The summed E-state index contributed by atoms with van der Waals surface area (Å²) in [5, 5.41) is 29.3. The maximum absolute atomic E-state index is 12.0. The van der Waals surface area contributed by atoms with Gasteiger partial charge >= 0.3 is 5.69 Å². The Bertz CT molecular complexity index is 561. The minimum Gasteiger partial charge on any atom is -0.394 e. The SMILES string of the molecule is CC[C@@]1(n2cc(C)c(N)nc2=O)O[C@H](CO)[C@@H](O)[C@H]1O. The minimum absolute atomic E-state index is 0.101. The Morgan fingerprint density at radius 2 is 2.20 bits per heavy atom. The Labute approximate surface area is 115 Å². The number of hydrogen-bond acceptors (Lipinski definition) is 7. The standard InChI is InChI=1S/C12H19N3O5/c1-3-12(9(18)8(17)7(5-16)20-12)15-4-6(2)10(13)14-11(15)19/h4,7-9,16-18H,3,5H2,1-2H3,(H2,13,14,19)/t7-,8-,9-,12-/m1/s1. The number of rotatable bonds is 3. The van der Waals surface area contributed by atoms with Crippen molar-refractivity contribution in [1.29, 1.82) is 0 Å². The highest BCUT2D eigenvalue weighted by Crippen LogP contribution is 2.37. The summed E-state index contributed by atoms with van der Waals surface area (Å²) in [6.45, 7) is 2.91. The van der Waals surface area contributed by atoms with Gasteiger partial charge in [0.25, 0.3) is 0 Å². The van der Waals surface area contributed by atoms with E-state index in [4.69, 9.17) is 10.5 Å². The number of aryl methyl sites for hydroxylation is 1. The predicted molar refractivity (Wildman–Crippen MR) is 69.9 cm³/mol. The van der Waals surface area contributed by atoms with Crippen LogP contribution in [-0.4, -0.2) is 49.8 Å². The lowest BCUT2D eigenvalue weighted by Crippen LogP contribution is -2.50. The third-order valence-electron chi connectivity index (χ3n) is 3.77. The average molecular weight is 285 g/mol. The molecule has 0 radical (unpaired) electrons. The van der Waals surface area contributed by atoms with Gasteiger partial charge in [-0.2, -0.15) is 4.98 Å². The number of nitrogens with zero attached hydrogens (tertiary/aromatic N) is 2. The van der Waals surface area contributed by atoms with Crippen LogP contribution in [0, 0.1) is 6.92 Å². The summed E-state index contributed by atoms with van der Waals surface area (Å²) in [4.78, 5) is 15.7. The number of aliphatic hydroxyl groups excluding tert-OH is 3. The predicted octanol–water partition coefficient (Wildman–Crippen LogP) is -1.69. The lowest BCUT2D eigenvalue weighted by molar-refractivity contribution is -0.152. The second-order valence-corrected chi connectivity index (χ2v) is 4.93. The van der Waals surface area contributed by atoms with Gasteiger partial charge in [0.2, 0.25) is 0 Å². The first-order valence-corrected chi connectivity index (χ1v) is 6.38. The minimum atomic E-state index is -1.46. The number of ether oxygens (including phenoxy) is 1. The Kier molecular flexibility index (Phi) is 3.83. The Hall–Kier alpha value is -1.48. The molecular weight excluding hydrogens is 266 g/mol. The Balaban J connectivity index is 2.58. The molecule has 20 heavy (non-hydrogen) atoms. The van der Waals surface area contributed by atoms with E-state index in [9.17, 15) is 20.1 Å². The van der Waals surface area contributed by atoms with Gasteiger partial charge < -0.3 is 25.8 Å². The van der Waals surface area contributed by atoms with Crippen LogP contribution in [0.2, 0.25) is 0 Å². The summed E-state index contributed by atoms with van der Waals surface area (Å²) in [7, 11) is 0. The normalized spacial score (nSPS) is 33.5. The molecule has 0 spiro atoms. The third kappa shape index (κ3) is 2.01. The summed E-state index contributed by atoms with van der Waals surface area (Å²) < 4.78 is 6.69. The van der Waals surface area contributed by atoms with Crippen molar-refractivity contribution in [2.75, 3.05) is 12.3 Å². The summed E-state index contributed by atoms with van der Waals surface area (Å²) >= 11 is 0. The fourth-order valence-corrected chi connectivity index (χ4v) is 2.51. The summed E-state index contributed by atoms with van der Waals surface area (Å²) in [5.41, 5.74) is 3.98. The van der Waals surface area contributed by atoms with Crippen molar-refractivity contribution in [2.45, 2.75) is 44.3 Å². The summed E-state index contributed by atoms with van der Waals surface area (Å²) in [6, 6.07) is 0. The smallest absolute Gasteiger partial charge is 0.351 e. The molecule has 0 aliphatic carbocycles. The zero-order valence-corrected chi connectivity index (χ0v) is 11.4. The maximum Gasteiger partial charge on any atom is 0.351 e. The Morgan fingerprint density at radius 3 is 2.70 bits per heavy atom.